The number of nitrogens with one attached hydrogen (secondary N) is 1. The molecule has 1 atom stereocenters. The first-order valence-corrected chi connectivity index (χ1v) is 15.2. The van der Waals surface area contributed by atoms with Crippen molar-refractivity contribution < 1.29 is 18.0 Å². The molecule has 210 valence electrons. The molecule has 1 N–H and O–H groups in total. The molecule has 0 aliphatic carbocycles. The standard InChI is InChI=1S/C31H27Cl2N3O4S/c32-25-14-7-8-15-27(25)36(21-22-10-3-1-4-11-22)41(39,40)28-20-24(16-17-26(28)33)31(38)35-19-9-18-34-30(37)29(35)23-12-5-2-6-13-23/h1-8,10-17,20,29H,9,18-19,21H2,(H,34,37). The highest BCUT2D eigenvalue weighted by Crippen LogP contribution is 2.35. The first-order valence-electron chi connectivity index (χ1n) is 13.0. The topological polar surface area (TPSA) is 86.8 Å². The van der Waals surface area contributed by atoms with E-state index in [1.807, 2.05) is 36.4 Å². The Hall–Kier alpha value is -3.85. The van der Waals surface area contributed by atoms with Crippen molar-refractivity contribution in [3.63, 3.8) is 0 Å². The van der Waals surface area contributed by atoms with Gasteiger partial charge in [0.15, 0.2) is 0 Å². The minimum Gasteiger partial charge on any atom is -0.354 e. The molecule has 7 nitrogen and oxygen atoms in total. The second-order valence-electron chi connectivity index (χ2n) is 9.55. The summed E-state index contributed by atoms with van der Waals surface area (Å²) in [6, 6.07) is 28.1. The zero-order valence-electron chi connectivity index (χ0n) is 21.9. The molecular weight excluding hydrogens is 581 g/mol. The van der Waals surface area contributed by atoms with Gasteiger partial charge in [0, 0.05) is 18.7 Å². The molecule has 10 heteroatoms. The summed E-state index contributed by atoms with van der Waals surface area (Å²) in [5.74, 6) is -0.770. The second-order valence-corrected chi connectivity index (χ2v) is 12.2. The van der Waals surface area contributed by atoms with E-state index in [9.17, 15) is 18.0 Å². The van der Waals surface area contributed by atoms with Crippen LogP contribution in [0.5, 0.6) is 0 Å². The van der Waals surface area contributed by atoms with Crippen LogP contribution >= 0.6 is 23.2 Å². The van der Waals surface area contributed by atoms with Crippen LogP contribution in [0.3, 0.4) is 0 Å². The molecule has 1 aliphatic rings. The first kappa shape index (κ1) is 28.7. The van der Waals surface area contributed by atoms with Crippen LogP contribution in [0.15, 0.2) is 108 Å². The summed E-state index contributed by atoms with van der Waals surface area (Å²) in [5.41, 5.74) is 1.78. The van der Waals surface area contributed by atoms with E-state index in [0.29, 0.717) is 25.1 Å². The maximum Gasteiger partial charge on any atom is 0.266 e. The molecule has 41 heavy (non-hydrogen) atoms. The van der Waals surface area contributed by atoms with Crippen LogP contribution in [-0.2, 0) is 21.4 Å². The first-order chi connectivity index (χ1) is 19.8. The van der Waals surface area contributed by atoms with Crippen LogP contribution in [0.25, 0.3) is 0 Å². The molecule has 1 unspecified atom stereocenters. The number of hydrogen-bond acceptors (Lipinski definition) is 4. The molecule has 4 aromatic rings. The van der Waals surface area contributed by atoms with E-state index < -0.39 is 22.0 Å². The summed E-state index contributed by atoms with van der Waals surface area (Å²) in [6.07, 6.45) is 0.552. The molecule has 5 rings (SSSR count). The smallest absolute Gasteiger partial charge is 0.266 e. The molecule has 0 bridgehead atoms. The van der Waals surface area contributed by atoms with Gasteiger partial charge in [-0.25, -0.2) is 8.42 Å². The normalized spacial score (nSPS) is 15.6. The number of hydrogen-bond donors (Lipinski definition) is 1. The van der Waals surface area contributed by atoms with Gasteiger partial charge in [-0.3, -0.25) is 13.9 Å². The highest BCUT2D eigenvalue weighted by Gasteiger charge is 2.35. The van der Waals surface area contributed by atoms with Crippen molar-refractivity contribution in [1.82, 2.24) is 10.2 Å². The molecule has 0 saturated carbocycles. The summed E-state index contributed by atoms with van der Waals surface area (Å²) < 4.78 is 29.7. The van der Waals surface area contributed by atoms with Crippen molar-refractivity contribution >= 4 is 50.7 Å². The Morgan fingerprint density at radius 3 is 2.24 bits per heavy atom. The number of para-hydroxylation sites is 1. The minimum absolute atomic E-state index is 0.0101. The van der Waals surface area contributed by atoms with Gasteiger partial charge in [0.05, 0.1) is 22.3 Å². The zero-order chi connectivity index (χ0) is 29.0. The monoisotopic (exact) mass is 607 g/mol. The lowest BCUT2D eigenvalue weighted by molar-refractivity contribution is -0.125. The molecule has 0 radical (unpaired) electrons. The Balaban J connectivity index is 1.57. The zero-order valence-corrected chi connectivity index (χ0v) is 24.2. The molecule has 1 aliphatic heterocycles. The molecule has 1 fully saturated rings. The Morgan fingerprint density at radius 1 is 0.878 bits per heavy atom. The summed E-state index contributed by atoms with van der Waals surface area (Å²) in [6.45, 7) is 0.726. The molecule has 1 saturated heterocycles. The lowest BCUT2D eigenvalue weighted by atomic mass is 10.0. The van der Waals surface area contributed by atoms with E-state index >= 15 is 0 Å². The van der Waals surface area contributed by atoms with Gasteiger partial charge < -0.3 is 10.2 Å². The van der Waals surface area contributed by atoms with Gasteiger partial charge in [-0.2, -0.15) is 0 Å². The lowest BCUT2D eigenvalue weighted by Crippen LogP contribution is -2.41. The second kappa shape index (κ2) is 12.3. The molecule has 1 heterocycles. The van der Waals surface area contributed by atoms with Gasteiger partial charge in [0.1, 0.15) is 10.9 Å². The average Bonchev–Trinajstić information content (AvgIpc) is 3.18. The average molecular weight is 609 g/mol. The van der Waals surface area contributed by atoms with Crippen LogP contribution < -0.4 is 9.62 Å². The number of carbonyl (C=O) groups is 2. The summed E-state index contributed by atoms with van der Waals surface area (Å²) in [4.78, 5) is 28.2. The van der Waals surface area contributed by atoms with Crippen LogP contribution in [0.4, 0.5) is 5.69 Å². The van der Waals surface area contributed by atoms with Crippen molar-refractivity contribution in [2.45, 2.75) is 23.9 Å². The maximum atomic E-state index is 14.2. The Kier molecular flexibility index (Phi) is 8.63. The van der Waals surface area contributed by atoms with Crippen molar-refractivity contribution in [1.29, 1.82) is 0 Å². The van der Waals surface area contributed by atoms with Gasteiger partial charge in [-0.05, 0) is 47.9 Å². The number of benzene rings is 4. The van der Waals surface area contributed by atoms with Crippen LogP contribution in [0.2, 0.25) is 10.0 Å². The SMILES string of the molecule is O=C1NCCCN(C(=O)c2ccc(Cl)c(S(=O)(=O)N(Cc3ccccc3)c3ccccc3Cl)c2)C1c1ccccc1. The number of nitrogens with zero attached hydrogens (tertiary/aromatic N) is 2. The summed E-state index contributed by atoms with van der Waals surface area (Å²) in [7, 11) is -4.31. The highest BCUT2D eigenvalue weighted by molar-refractivity contribution is 7.93. The summed E-state index contributed by atoms with van der Waals surface area (Å²) >= 11 is 13.0. The quantitative estimate of drug-likeness (QED) is 0.275. The van der Waals surface area contributed by atoms with Gasteiger partial charge in [0.2, 0.25) is 5.91 Å². The Labute approximate surface area is 249 Å². The van der Waals surface area contributed by atoms with Crippen LogP contribution in [-0.4, -0.2) is 38.2 Å². The van der Waals surface area contributed by atoms with Gasteiger partial charge in [-0.15, -0.1) is 0 Å². The minimum atomic E-state index is -4.31. The molecule has 2 amide bonds. The predicted octanol–water partition coefficient (Wildman–Crippen LogP) is 6.09. The third kappa shape index (κ3) is 6.10. The molecule has 4 aromatic carbocycles. The lowest BCUT2D eigenvalue weighted by Gasteiger charge is -2.29. The number of amides is 2. The predicted molar refractivity (Wildman–Crippen MR) is 161 cm³/mol. The van der Waals surface area contributed by atoms with Crippen LogP contribution in [0, 0.1) is 0 Å². The largest absolute Gasteiger partial charge is 0.354 e. The fourth-order valence-corrected chi connectivity index (χ4v) is 7.10. The summed E-state index contributed by atoms with van der Waals surface area (Å²) in [5, 5.41) is 3.07. The van der Waals surface area contributed by atoms with E-state index in [0.717, 1.165) is 5.56 Å². The van der Waals surface area contributed by atoms with E-state index in [-0.39, 0.29) is 38.6 Å². The van der Waals surface area contributed by atoms with E-state index in [1.54, 1.807) is 48.5 Å². The van der Waals surface area contributed by atoms with Crippen molar-refractivity contribution in [3.8, 4) is 0 Å². The van der Waals surface area contributed by atoms with Crippen molar-refractivity contribution in [2.24, 2.45) is 0 Å². The molecule has 0 aromatic heterocycles. The van der Waals surface area contributed by atoms with Crippen molar-refractivity contribution in [3.05, 3.63) is 130 Å². The number of sulfonamides is 1. The van der Waals surface area contributed by atoms with E-state index in [2.05, 4.69) is 5.32 Å². The number of rotatable bonds is 7. The van der Waals surface area contributed by atoms with E-state index in [4.69, 9.17) is 23.2 Å². The van der Waals surface area contributed by atoms with Gasteiger partial charge >= 0.3 is 0 Å². The highest BCUT2D eigenvalue weighted by atomic mass is 35.5. The van der Waals surface area contributed by atoms with Gasteiger partial charge in [0.25, 0.3) is 15.9 Å². The third-order valence-corrected chi connectivity index (χ3v) is 9.41. The fraction of sp³-hybridized carbons (Fsp3) is 0.161. The number of carbonyl (C=O) groups excluding carboxylic acids is 2. The van der Waals surface area contributed by atoms with E-state index in [1.165, 1.54) is 27.4 Å². The number of halogens is 2. The molecule has 0 spiro atoms. The third-order valence-electron chi connectivity index (χ3n) is 6.85. The molecular formula is C31H27Cl2N3O4S. The number of anilines is 1. The Morgan fingerprint density at radius 2 is 1.54 bits per heavy atom. The fourth-order valence-electron chi connectivity index (χ4n) is 4.84. The Bertz CT molecular complexity index is 1670. The van der Waals surface area contributed by atoms with Crippen molar-refractivity contribution in [2.75, 3.05) is 17.4 Å². The van der Waals surface area contributed by atoms with Crippen LogP contribution in [0.1, 0.15) is 33.9 Å². The van der Waals surface area contributed by atoms with Gasteiger partial charge in [-0.1, -0.05) is 96.0 Å². The maximum absolute atomic E-state index is 14.2.